The van der Waals surface area contributed by atoms with Crippen LogP contribution in [0.5, 0.6) is 0 Å². The van der Waals surface area contributed by atoms with Gasteiger partial charge in [-0.2, -0.15) is 5.26 Å². The molecule has 0 atom stereocenters. The quantitative estimate of drug-likeness (QED) is 0.780. The second-order valence-electron chi connectivity index (χ2n) is 3.98. The van der Waals surface area contributed by atoms with Gasteiger partial charge in [0.25, 0.3) is 0 Å². The van der Waals surface area contributed by atoms with Crippen LogP contribution in [0.3, 0.4) is 0 Å². The molecule has 1 amide bonds. The number of hydrogen-bond donors (Lipinski definition) is 2. The van der Waals surface area contributed by atoms with Gasteiger partial charge in [0, 0.05) is 24.9 Å². The number of carbonyl (C=O) groups is 1. The number of aromatic nitrogens is 2. The fraction of sp³-hybridized carbons (Fsp3) is 0.583. The molecule has 0 aliphatic rings. The lowest BCUT2D eigenvalue weighted by atomic mass is 9.83. The van der Waals surface area contributed by atoms with Gasteiger partial charge in [-0.3, -0.25) is 4.79 Å². The third kappa shape index (κ3) is 3.06. The van der Waals surface area contributed by atoms with E-state index in [2.05, 4.69) is 21.4 Å². The Bertz CT molecular complexity index is 387. The van der Waals surface area contributed by atoms with Gasteiger partial charge in [-0.1, -0.05) is 13.8 Å². The Labute approximate surface area is 101 Å². The molecule has 1 heterocycles. The average molecular weight is 234 g/mol. The number of H-pyrrole nitrogens is 1. The molecule has 0 aliphatic carbocycles. The first-order valence-electron chi connectivity index (χ1n) is 5.85. The molecule has 0 saturated heterocycles. The van der Waals surface area contributed by atoms with Gasteiger partial charge in [0.15, 0.2) is 0 Å². The lowest BCUT2D eigenvalue weighted by molar-refractivity contribution is -0.128. The van der Waals surface area contributed by atoms with E-state index in [9.17, 15) is 4.79 Å². The fourth-order valence-corrected chi connectivity index (χ4v) is 1.68. The Morgan fingerprint density at radius 2 is 2.29 bits per heavy atom. The predicted molar refractivity (Wildman–Crippen MR) is 63.9 cm³/mol. The van der Waals surface area contributed by atoms with Crippen LogP contribution >= 0.6 is 0 Å². The summed E-state index contributed by atoms with van der Waals surface area (Å²) < 4.78 is 0. The van der Waals surface area contributed by atoms with Crippen LogP contribution in [0.2, 0.25) is 0 Å². The molecule has 1 rings (SSSR count). The van der Waals surface area contributed by atoms with Gasteiger partial charge in [0.2, 0.25) is 5.91 Å². The molecule has 5 heteroatoms. The lowest BCUT2D eigenvalue weighted by Crippen LogP contribution is -2.40. The van der Waals surface area contributed by atoms with E-state index in [0.29, 0.717) is 25.8 Å². The van der Waals surface area contributed by atoms with E-state index < -0.39 is 5.41 Å². The molecule has 2 N–H and O–H groups in total. The maximum Gasteiger partial charge on any atom is 0.240 e. The number of imidazole rings is 1. The van der Waals surface area contributed by atoms with Crippen LogP contribution in [0.1, 0.15) is 32.4 Å². The highest BCUT2D eigenvalue weighted by Gasteiger charge is 2.34. The zero-order valence-corrected chi connectivity index (χ0v) is 10.3. The van der Waals surface area contributed by atoms with Crippen molar-refractivity contribution in [3.05, 3.63) is 18.2 Å². The summed E-state index contributed by atoms with van der Waals surface area (Å²) in [6.07, 6.45) is 5.10. The second-order valence-corrected chi connectivity index (χ2v) is 3.98. The number of rotatable bonds is 6. The summed E-state index contributed by atoms with van der Waals surface area (Å²) in [5.41, 5.74) is 0.0920. The van der Waals surface area contributed by atoms with Crippen LogP contribution in [0.15, 0.2) is 12.5 Å². The number of nitrogens with one attached hydrogen (secondary N) is 2. The van der Waals surface area contributed by atoms with E-state index in [-0.39, 0.29) is 5.91 Å². The first-order valence-corrected chi connectivity index (χ1v) is 5.85. The van der Waals surface area contributed by atoms with E-state index in [1.54, 1.807) is 12.5 Å². The van der Waals surface area contributed by atoms with Crippen LogP contribution in [0.4, 0.5) is 0 Å². The zero-order chi connectivity index (χ0) is 12.7. The van der Waals surface area contributed by atoms with E-state index in [1.165, 1.54) is 0 Å². The number of amides is 1. The van der Waals surface area contributed by atoms with Gasteiger partial charge in [0.1, 0.15) is 5.41 Å². The maximum absolute atomic E-state index is 11.9. The molecule has 0 bridgehead atoms. The van der Waals surface area contributed by atoms with E-state index in [1.807, 2.05) is 13.8 Å². The topological polar surface area (TPSA) is 81.6 Å². The highest BCUT2D eigenvalue weighted by atomic mass is 16.2. The van der Waals surface area contributed by atoms with E-state index in [0.717, 1.165) is 5.69 Å². The molecule has 17 heavy (non-hydrogen) atoms. The van der Waals surface area contributed by atoms with Crippen molar-refractivity contribution < 1.29 is 4.79 Å². The van der Waals surface area contributed by atoms with Gasteiger partial charge < -0.3 is 10.3 Å². The number of hydrogen-bond acceptors (Lipinski definition) is 3. The third-order valence-corrected chi connectivity index (χ3v) is 3.09. The minimum Gasteiger partial charge on any atom is -0.354 e. The Balaban J connectivity index is 2.46. The van der Waals surface area contributed by atoms with Gasteiger partial charge in [-0.15, -0.1) is 0 Å². The number of aromatic amines is 1. The van der Waals surface area contributed by atoms with Gasteiger partial charge in [0.05, 0.1) is 12.4 Å². The molecule has 1 aromatic heterocycles. The van der Waals surface area contributed by atoms with Crippen molar-refractivity contribution in [3.63, 3.8) is 0 Å². The van der Waals surface area contributed by atoms with Crippen molar-refractivity contribution in [2.24, 2.45) is 5.41 Å². The molecule has 5 nitrogen and oxygen atoms in total. The first-order chi connectivity index (χ1) is 8.18. The maximum atomic E-state index is 11.9. The Morgan fingerprint density at radius 3 is 2.76 bits per heavy atom. The van der Waals surface area contributed by atoms with E-state index >= 15 is 0 Å². The van der Waals surface area contributed by atoms with Crippen LogP contribution in [-0.4, -0.2) is 22.4 Å². The standard InChI is InChI=1S/C12H18N4O/c1-3-12(4-2,8-13)11(17)15-6-5-10-7-14-9-16-10/h7,9H,3-6H2,1-2H3,(H,14,16)(H,15,17). The minimum atomic E-state index is -0.881. The smallest absolute Gasteiger partial charge is 0.240 e. The Kier molecular flexibility index (Phi) is 4.70. The lowest BCUT2D eigenvalue weighted by Gasteiger charge is -2.21. The monoisotopic (exact) mass is 234 g/mol. The molecule has 0 aromatic carbocycles. The number of carbonyl (C=O) groups excluding carboxylic acids is 1. The molecule has 0 unspecified atom stereocenters. The van der Waals surface area contributed by atoms with E-state index in [4.69, 9.17) is 5.26 Å². The highest BCUT2D eigenvalue weighted by molar-refractivity contribution is 5.85. The zero-order valence-electron chi connectivity index (χ0n) is 10.3. The SMILES string of the molecule is CCC(C#N)(CC)C(=O)NCCc1cnc[nH]1. The summed E-state index contributed by atoms with van der Waals surface area (Å²) in [5.74, 6) is -0.176. The van der Waals surface area contributed by atoms with Crippen molar-refractivity contribution in [1.29, 1.82) is 5.26 Å². The minimum absolute atomic E-state index is 0.176. The van der Waals surface area contributed by atoms with Gasteiger partial charge in [-0.05, 0) is 12.8 Å². The molecule has 92 valence electrons. The van der Waals surface area contributed by atoms with Crippen LogP contribution in [-0.2, 0) is 11.2 Å². The summed E-state index contributed by atoms with van der Waals surface area (Å²) in [5, 5.41) is 11.9. The van der Waals surface area contributed by atoms with Crippen molar-refractivity contribution in [1.82, 2.24) is 15.3 Å². The van der Waals surface area contributed by atoms with Crippen LogP contribution in [0.25, 0.3) is 0 Å². The number of nitrogens with zero attached hydrogens (tertiary/aromatic N) is 2. The summed E-state index contributed by atoms with van der Waals surface area (Å²) in [6, 6.07) is 2.13. The summed E-state index contributed by atoms with van der Waals surface area (Å²) >= 11 is 0. The van der Waals surface area contributed by atoms with Crippen molar-refractivity contribution in [2.75, 3.05) is 6.54 Å². The molecule has 0 aliphatic heterocycles. The Morgan fingerprint density at radius 1 is 1.59 bits per heavy atom. The highest BCUT2D eigenvalue weighted by Crippen LogP contribution is 2.25. The summed E-state index contributed by atoms with van der Waals surface area (Å²) in [7, 11) is 0. The average Bonchev–Trinajstić information content (AvgIpc) is 2.85. The molecule has 0 radical (unpaired) electrons. The normalized spacial score (nSPS) is 10.9. The van der Waals surface area contributed by atoms with Crippen LogP contribution in [0, 0.1) is 16.7 Å². The second kappa shape index (κ2) is 6.04. The molecular weight excluding hydrogens is 216 g/mol. The van der Waals surface area contributed by atoms with Crippen molar-refractivity contribution in [2.45, 2.75) is 33.1 Å². The van der Waals surface area contributed by atoms with Crippen molar-refractivity contribution >= 4 is 5.91 Å². The molecule has 1 aromatic rings. The predicted octanol–water partition coefficient (Wildman–Crippen LogP) is 1.40. The van der Waals surface area contributed by atoms with Gasteiger partial charge in [-0.25, -0.2) is 4.98 Å². The fourth-order valence-electron chi connectivity index (χ4n) is 1.68. The molecule has 0 saturated carbocycles. The number of nitriles is 1. The third-order valence-electron chi connectivity index (χ3n) is 3.09. The van der Waals surface area contributed by atoms with Crippen molar-refractivity contribution in [3.8, 4) is 6.07 Å². The largest absolute Gasteiger partial charge is 0.354 e. The summed E-state index contributed by atoms with van der Waals surface area (Å²) in [4.78, 5) is 18.8. The van der Waals surface area contributed by atoms with Crippen LogP contribution < -0.4 is 5.32 Å². The molecule has 0 fully saturated rings. The molecular formula is C12H18N4O. The Hall–Kier alpha value is -1.83. The summed E-state index contributed by atoms with van der Waals surface area (Å²) in [6.45, 7) is 4.24. The first kappa shape index (κ1) is 13.2. The van der Waals surface area contributed by atoms with Gasteiger partial charge >= 0.3 is 0 Å². The molecule has 0 spiro atoms.